The molecule has 0 aromatic carbocycles. The minimum Gasteiger partial charge on any atom is -0.344 e. The van der Waals surface area contributed by atoms with Crippen LogP contribution in [-0.2, 0) is 4.79 Å². The Morgan fingerprint density at radius 2 is 2.31 bits per heavy atom. The number of hydrogen-bond acceptors (Lipinski definition) is 2. The van der Waals surface area contributed by atoms with Gasteiger partial charge in [0.25, 0.3) is 0 Å². The first kappa shape index (κ1) is 10.5. The number of nitrogens with zero attached hydrogens (tertiary/aromatic N) is 1. The van der Waals surface area contributed by atoms with Crippen molar-refractivity contribution in [3.8, 4) is 0 Å². The molecular weight excluding hydrogens is 164 g/mol. The number of hydrogen-bond donors (Lipinski definition) is 1. The van der Waals surface area contributed by atoms with Gasteiger partial charge in [-0.05, 0) is 25.3 Å². The van der Waals surface area contributed by atoms with E-state index in [2.05, 4.69) is 19.2 Å². The zero-order valence-electron chi connectivity index (χ0n) is 8.84. The van der Waals surface area contributed by atoms with Crippen LogP contribution in [0.2, 0.25) is 0 Å². The molecule has 0 bridgehead atoms. The molecule has 0 radical (unpaired) electrons. The van der Waals surface area contributed by atoms with Crippen LogP contribution in [0.15, 0.2) is 0 Å². The van der Waals surface area contributed by atoms with Gasteiger partial charge in [0.05, 0.1) is 6.04 Å². The molecule has 1 fully saturated rings. The Kier molecular flexibility index (Phi) is 3.72. The SMILES string of the molecule is CC(C)CCNC1CCN(C)C1=O. The standard InChI is InChI=1S/C10H20N2O/c1-8(2)4-6-11-9-5-7-12(3)10(9)13/h8-9,11H,4-7H2,1-3H3. The number of carbonyl (C=O) groups is 1. The Labute approximate surface area is 80.5 Å². The highest BCUT2D eigenvalue weighted by atomic mass is 16.2. The van der Waals surface area contributed by atoms with Crippen molar-refractivity contribution in [2.24, 2.45) is 5.92 Å². The van der Waals surface area contributed by atoms with Crippen LogP contribution in [0.4, 0.5) is 0 Å². The Morgan fingerprint density at radius 1 is 1.62 bits per heavy atom. The van der Waals surface area contributed by atoms with E-state index in [-0.39, 0.29) is 11.9 Å². The van der Waals surface area contributed by atoms with Crippen LogP contribution in [-0.4, -0.2) is 37.0 Å². The first-order valence-corrected chi connectivity index (χ1v) is 5.09. The van der Waals surface area contributed by atoms with Crippen LogP contribution in [0.1, 0.15) is 26.7 Å². The van der Waals surface area contributed by atoms with E-state index in [4.69, 9.17) is 0 Å². The van der Waals surface area contributed by atoms with Gasteiger partial charge in [0.1, 0.15) is 0 Å². The molecule has 1 aliphatic rings. The van der Waals surface area contributed by atoms with E-state index in [0.717, 1.165) is 25.9 Å². The zero-order chi connectivity index (χ0) is 9.84. The maximum Gasteiger partial charge on any atom is 0.239 e. The first-order valence-electron chi connectivity index (χ1n) is 5.09. The predicted octanol–water partition coefficient (Wildman–Crippen LogP) is 0.853. The number of carbonyl (C=O) groups excluding carboxylic acids is 1. The van der Waals surface area contributed by atoms with Gasteiger partial charge in [-0.25, -0.2) is 0 Å². The Hall–Kier alpha value is -0.570. The van der Waals surface area contributed by atoms with Gasteiger partial charge in [-0.1, -0.05) is 13.8 Å². The third-order valence-corrected chi connectivity index (χ3v) is 2.54. The lowest BCUT2D eigenvalue weighted by Gasteiger charge is -2.12. The maximum absolute atomic E-state index is 11.4. The molecule has 1 unspecified atom stereocenters. The minimum absolute atomic E-state index is 0.0868. The summed E-state index contributed by atoms with van der Waals surface area (Å²) in [7, 11) is 1.87. The molecule has 1 heterocycles. The lowest BCUT2D eigenvalue weighted by Crippen LogP contribution is -2.37. The van der Waals surface area contributed by atoms with Crippen molar-refractivity contribution in [3.63, 3.8) is 0 Å². The molecule has 1 atom stereocenters. The van der Waals surface area contributed by atoms with Crippen molar-refractivity contribution < 1.29 is 4.79 Å². The third-order valence-electron chi connectivity index (χ3n) is 2.54. The van der Waals surface area contributed by atoms with Crippen LogP contribution in [0.3, 0.4) is 0 Å². The normalized spacial score (nSPS) is 23.2. The summed E-state index contributed by atoms with van der Waals surface area (Å²) in [6.45, 7) is 6.26. The van der Waals surface area contributed by atoms with Gasteiger partial charge in [-0.3, -0.25) is 4.79 Å². The van der Waals surface area contributed by atoms with Crippen LogP contribution in [0.5, 0.6) is 0 Å². The molecule has 0 aromatic rings. The van der Waals surface area contributed by atoms with Crippen molar-refractivity contribution >= 4 is 5.91 Å². The topological polar surface area (TPSA) is 32.3 Å². The van der Waals surface area contributed by atoms with Gasteiger partial charge in [0.15, 0.2) is 0 Å². The van der Waals surface area contributed by atoms with Gasteiger partial charge >= 0.3 is 0 Å². The fourth-order valence-corrected chi connectivity index (χ4v) is 1.56. The maximum atomic E-state index is 11.4. The predicted molar refractivity (Wildman–Crippen MR) is 53.5 cm³/mol. The molecule has 1 saturated heterocycles. The summed E-state index contributed by atoms with van der Waals surface area (Å²) < 4.78 is 0. The number of rotatable bonds is 4. The fourth-order valence-electron chi connectivity index (χ4n) is 1.56. The molecule has 0 saturated carbocycles. The lowest BCUT2D eigenvalue weighted by molar-refractivity contribution is -0.128. The first-order chi connectivity index (χ1) is 6.11. The van der Waals surface area contributed by atoms with Gasteiger partial charge in [0, 0.05) is 13.6 Å². The summed E-state index contributed by atoms with van der Waals surface area (Å²) in [5.74, 6) is 0.963. The van der Waals surface area contributed by atoms with Crippen molar-refractivity contribution in [2.75, 3.05) is 20.1 Å². The molecule has 0 aliphatic carbocycles. The van der Waals surface area contributed by atoms with Gasteiger partial charge < -0.3 is 10.2 Å². The number of nitrogens with one attached hydrogen (secondary N) is 1. The van der Waals surface area contributed by atoms with Crippen molar-refractivity contribution in [1.29, 1.82) is 0 Å². The second-order valence-corrected chi connectivity index (χ2v) is 4.24. The number of likely N-dealkylation sites (tertiary alicyclic amines) is 1. The average Bonchev–Trinajstić information content (AvgIpc) is 2.35. The van der Waals surface area contributed by atoms with E-state index >= 15 is 0 Å². The smallest absolute Gasteiger partial charge is 0.239 e. The molecule has 13 heavy (non-hydrogen) atoms. The third kappa shape index (κ3) is 2.99. The van der Waals surface area contributed by atoms with Gasteiger partial charge in [-0.15, -0.1) is 0 Å². The van der Waals surface area contributed by atoms with Crippen LogP contribution >= 0.6 is 0 Å². The molecular formula is C10H20N2O. The molecule has 1 rings (SSSR count). The van der Waals surface area contributed by atoms with Crippen molar-refractivity contribution in [1.82, 2.24) is 10.2 Å². The fraction of sp³-hybridized carbons (Fsp3) is 0.900. The van der Waals surface area contributed by atoms with Crippen LogP contribution < -0.4 is 5.32 Å². The van der Waals surface area contributed by atoms with E-state index < -0.39 is 0 Å². The quantitative estimate of drug-likeness (QED) is 0.702. The zero-order valence-corrected chi connectivity index (χ0v) is 8.84. The summed E-state index contributed by atoms with van der Waals surface area (Å²) in [5, 5.41) is 3.30. The highest BCUT2D eigenvalue weighted by molar-refractivity contribution is 5.83. The summed E-state index contributed by atoms with van der Waals surface area (Å²) in [6.07, 6.45) is 2.11. The van der Waals surface area contributed by atoms with Gasteiger partial charge in [0.2, 0.25) is 5.91 Å². The lowest BCUT2D eigenvalue weighted by atomic mass is 10.1. The molecule has 3 nitrogen and oxygen atoms in total. The van der Waals surface area contributed by atoms with Crippen LogP contribution in [0, 0.1) is 5.92 Å². The van der Waals surface area contributed by atoms with Crippen LogP contribution in [0.25, 0.3) is 0 Å². The monoisotopic (exact) mass is 184 g/mol. The summed E-state index contributed by atoms with van der Waals surface area (Å²) in [6, 6.07) is 0.0868. The second kappa shape index (κ2) is 4.61. The molecule has 0 aromatic heterocycles. The van der Waals surface area contributed by atoms with E-state index in [1.807, 2.05) is 7.05 Å². The summed E-state index contributed by atoms with van der Waals surface area (Å²) in [5.41, 5.74) is 0. The molecule has 1 aliphatic heterocycles. The number of amides is 1. The molecule has 1 amide bonds. The van der Waals surface area contributed by atoms with E-state index in [0.29, 0.717) is 5.92 Å². The second-order valence-electron chi connectivity index (χ2n) is 4.24. The highest BCUT2D eigenvalue weighted by Gasteiger charge is 2.27. The largest absolute Gasteiger partial charge is 0.344 e. The summed E-state index contributed by atoms with van der Waals surface area (Å²) >= 11 is 0. The van der Waals surface area contributed by atoms with E-state index in [9.17, 15) is 4.79 Å². The van der Waals surface area contributed by atoms with Crippen molar-refractivity contribution in [2.45, 2.75) is 32.7 Å². The molecule has 0 spiro atoms. The number of likely N-dealkylation sites (N-methyl/N-ethyl adjacent to an activating group) is 1. The molecule has 3 heteroatoms. The molecule has 76 valence electrons. The highest BCUT2D eigenvalue weighted by Crippen LogP contribution is 2.08. The van der Waals surface area contributed by atoms with Crippen molar-refractivity contribution in [3.05, 3.63) is 0 Å². The van der Waals surface area contributed by atoms with E-state index in [1.165, 1.54) is 0 Å². The molecule has 1 N–H and O–H groups in total. The van der Waals surface area contributed by atoms with E-state index in [1.54, 1.807) is 4.90 Å². The Morgan fingerprint density at radius 3 is 2.77 bits per heavy atom. The van der Waals surface area contributed by atoms with Gasteiger partial charge in [-0.2, -0.15) is 0 Å². The minimum atomic E-state index is 0.0868. The Bertz CT molecular complexity index is 180. The summed E-state index contributed by atoms with van der Waals surface area (Å²) in [4.78, 5) is 13.2. The average molecular weight is 184 g/mol. The Balaban J connectivity index is 2.19.